The molecule has 31 heavy (non-hydrogen) atoms. The van der Waals surface area contributed by atoms with Crippen LogP contribution in [0.15, 0.2) is 59.5 Å². The zero-order chi connectivity index (χ0) is 21.6. The normalized spacial score (nSPS) is 18.3. The number of rotatable bonds is 3. The molecule has 2 heterocycles. The second-order valence-corrected chi connectivity index (χ2v) is 9.86. The monoisotopic (exact) mass is 444 g/mol. The van der Waals surface area contributed by atoms with Gasteiger partial charge in [0.25, 0.3) is 0 Å². The van der Waals surface area contributed by atoms with E-state index in [1.54, 1.807) is 12.1 Å². The van der Waals surface area contributed by atoms with Gasteiger partial charge in [0, 0.05) is 41.8 Å². The molecule has 2 aliphatic heterocycles. The molecule has 3 aromatic carbocycles. The van der Waals surface area contributed by atoms with Crippen molar-refractivity contribution in [3.8, 4) is 0 Å². The molecule has 0 radical (unpaired) electrons. The van der Waals surface area contributed by atoms with Gasteiger partial charge in [-0.1, -0.05) is 36.4 Å². The second-order valence-electron chi connectivity index (χ2n) is 7.95. The van der Waals surface area contributed by atoms with Crippen molar-refractivity contribution in [2.75, 3.05) is 24.7 Å². The summed E-state index contributed by atoms with van der Waals surface area (Å²) in [5, 5.41) is 1.60. The van der Waals surface area contributed by atoms with Gasteiger partial charge in [0.05, 0.1) is 11.5 Å². The van der Waals surface area contributed by atoms with Crippen molar-refractivity contribution < 1.29 is 21.9 Å². The Balaban J connectivity index is 1.37. The fourth-order valence-electron chi connectivity index (χ4n) is 4.54. The Kier molecular flexibility index (Phi) is 5.16. The van der Waals surface area contributed by atoms with E-state index in [1.807, 2.05) is 35.2 Å². The number of hydrogen-bond donors (Lipinski definition) is 0. The number of ether oxygens (including phenoxy) is 1. The molecule has 0 aliphatic carbocycles. The molecule has 0 saturated carbocycles. The van der Waals surface area contributed by atoms with Gasteiger partial charge in [-0.05, 0) is 30.4 Å². The Bertz CT molecular complexity index is 1240. The zero-order valence-corrected chi connectivity index (χ0v) is 17.6. The molecule has 0 N–H and O–H groups in total. The fourth-order valence-corrected chi connectivity index (χ4v) is 6.22. The van der Waals surface area contributed by atoms with Gasteiger partial charge in [0.1, 0.15) is 6.73 Å². The third-order valence-electron chi connectivity index (χ3n) is 6.15. The van der Waals surface area contributed by atoms with E-state index in [0.29, 0.717) is 47.5 Å². The minimum Gasteiger partial charge on any atom is -0.356 e. The van der Waals surface area contributed by atoms with Crippen LogP contribution in [0, 0.1) is 11.6 Å². The summed E-state index contributed by atoms with van der Waals surface area (Å²) in [6, 6.07) is 15.1. The Labute approximate surface area is 179 Å². The highest BCUT2D eigenvalue weighted by atomic mass is 32.2. The summed E-state index contributed by atoms with van der Waals surface area (Å²) in [6.45, 7) is 1.22. The number of piperidine rings is 1. The van der Waals surface area contributed by atoms with Gasteiger partial charge in [-0.2, -0.15) is 4.31 Å². The molecule has 1 fully saturated rings. The lowest BCUT2D eigenvalue weighted by Crippen LogP contribution is -2.48. The van der Waals surface area contributed by atoms with Crippen molar-refractivity contribution in [2.45, 2.75) is 30.4 Å². The van der Waals surface area contributed by atoms with Crippen molar-refractivity contribution in [2.24, 2.45) is 0 Å². The maximum Gasteiger partial charge on any atom is 0.243 e. The predicted octanol–water partition coefficient (Wildman–Crippen LogP) is 4.27. The van der Waals surface area contributed by atoms with Crippen LogP contribution in [0.1, 0.15) is 18.4 Å². The molecule has 8 heteroatoms. The number of anilines is 1. The predicted molar refractivity (Wildman–Crippen MR) is 114 cm³/mol. The molecule has 162 valence electrons. The van der Waals surface area contributed by atoms with Gasteiger partial charge < -0.3 is 9.64 Å². The first-order valence-corrected chi connectivity index (χ1v) is 11.7. The second kappa shape index (κ2) is 7.85. The smallest absolute Gasteiger partial charge is 0.243 e. The molecule has 0 amide bonds. The summed E-state index contributed by atoms with van der Waals surface area (Å²) in [5.74, 6) is -1.78. The molecule has 5 rings (SSSR count). The third-order valence-corrected chi connectivity index (χ3v) is 8.11. The van der Waals surface area contributed by atoms with Crippen LogP contribution in [-0.4, -0.2) is 38.6 Å². The molecule has 5 nitrogen and oxygen atoms in total. The Morgan fingerprint density at radius 3 is 2.45 bits per heavy atom. The Morgan fingerprint density at radius 2 is 1.65 bits per heavy atom. The number of fused-ring (bicyclic) bond motifs is 2. The van der Waals surface area contributed by atoms with Crippen LogP contribution in [-0.2, 0) is 21.4 Å². The maximum atomic E-state index is 13.9. The van der Waals surface area contributed by atoms with E-state index in [2.05, 4.69) is 0 Å². The molecule has 0 aromatic heterocycles. The number of hydrogen-bond acceptors (Lipinski definition) is 4. The van der Waals surface area contributed by atoms with Gasteiger partial charge >= 0.3 is 0 Å². The summed E-state index contributed by atoms with van der Waals surface area (Å²) in [5.41, 5.74) is 1.23. The number of nitrogens with zero attached hydrogens (tertiary/aromatic N) is 2. The highest BCUT2D eigenvalue weighted by Gasteiger charge is 2.34. The SMILES string of the molecule is O=S(=O)(c1cccc2ccccc12)N1CCC(N2COCc3cc(F)c(F)cc32)CC1. The number of halogens is 2. The van der Waals surface area contributed by atoms with Gasteiger partial charge in [0.2, 0.25) is 10.0 Å². The lowest BCUT2D eigenvalue weighted by Gasteiger charge is -2.41. The summed E-state index contributed by atoms with van der Waals surface area (Å²) in [7, 11) is -3.64. The van der Waals surface area contributed by atoms with Gasteiger partial charge in [-0.3, -0.25) is 0 Å². The maximum absolute atomic E-state index is 13.9. The molecule has 1 saturated heterocycles. The summed E-state index contributed by atoms with van der Waals surface area (Å²) in [6.07, 6.45) is 1.15. The van der Waals surface area contributed by atoms with E-state index in [-0.39, 0.29) is 19.4 Å². The lowest BCUT2D eigenvalue weighted by molar-refractivity contribution is 0.0983. The van der Waals surface area contributed by atoms with Gasteiger partial charge in [-0.25, -0.2) is 17.2 Å². The molecule has 0 atom stereocenters. The van der Waals surface area contributed by atoms with Crippen molar-refractivity contribution in [1.29, 1.82) is 0 Å². The first-order valence-electron chi connectivity index (χ1n) is 10.3. The van der Waals surface area contributed by atoms with Gasteiger partial charge in [-0.15, -0.1) is 0 Å². The van der Waals surface area contributed by atoms with E-state index in [9.17, 15) is 17.2 Å². The van der Waals surface area contributed by atoms with Crippen LogP contribution in [0.25, 0.3) is 10.8 Å². The topological polar surface area (TPSA) is 49.9 Å². The van der Waals surface area contributed by atoms with Crippen molar-refractivity contribution in [3.05, 3.63) is 71.8 Å². The molecule has 0 spiro atoms. The Hall–Kier alpha value is -2.55. The standard InChI is InChI=1S/C23H22F2N2O3S/c24-20-12-17-14-30-15-27(22(17)13-21(20)25)18-8-10-26(11-9-18)31(28,29)23-7-3-5-16-4-1-2-6-19(16)23/h1-7,12-13,18H,8-11,14-15H2. The van der Waals surface area contributed by atoms with E-state index >= 15 is 0 Å². The highest BCUT2D eigenvalue weighted by molar-refractivity contribution is 7.89. The van der Waals surface area contributed by atoms with Gasteiger partial charge in [0.15, 0.2) is 11.6 Å². The third kappa shape index (κ3) is 3.58. The number of sulfonamides is 1. The molecule has 0 bridgehead atoms. The molecular formula is C23H22F2N2O3S. The number of benzene rings is 3. The average molecular weight is 445 g/mol. The quantitative estimate of drug-likeness (QED) is 0.606. The van der Waals surface area contributed by atoms with Crippen LogP contribution in [0.2, 0.25) is 0 Å². The van der Waals surface area contributed by atoms with Crippen molar-refractivity contribution in [1.82, 2.24) is 4.31 Å². The summed E-state index contributed by atoms with van der Waals surface area (Å²) < 4.78 is 61.3. The van der Waals surface area contributed by atoms with E-state index < -0.39 is 21.7 Å². The van der Waals surface area contributed by atoms with Crippen LogP contribution in [0.3, 0.4) is 0 Å². The van der Waals surface area contributed by atoms with Crippen LogP contribution < -0.4 is 4.90 Å². The van der Waals surface area contributed by atoms with Crippen LogP contribution in [0.5, 0.6) is 0 Å². The molecule has 0 unspecified atom stereocenters. The summed E-state index contributed by atoms with van der Waals surface area (Å²) >= 11 is 0. The van der Waals surface area contributed by atoms with Crippen molar-refractivity contribution >= 4 is 26.5 Å². The zero-order valence-electron chi connectivity index (χ0n) is 16.8. The molecule has 2 aliphatic rings. The Morgan fingerprint density at radius 1 is 0.935 bits per heavy atom. The molecule has 3 aromatic rings. The first-order chi connectivity index (χ1) is 14.9. The minimum atomic E-state index is -3.64. The van der Waals surface area contributed by atoms with Crippen LogP contribution in [0.4, 0.5) is 14.5 Å². The average Bonchev–Trinajstić information content (AvgIpc) is 2.79. The fraction of sp³-hybridized carbons (Fsp3) is 0.304. The van der Waals surface area contributed by atoms with Crippen molar-refractivity contribution in [3.63, 3.8) is 0 Å². The van der Waals surface area contributed by atoms with E-state index in [0.717, 1.165) is 5.39 Å². The largest absolute Gasteiger partial charge is 0.356 e. The first kappa shape index (κ1) is 20.4. The summed E-state index contributed by atoms with van der Waals surface area (Å²) in [4.78, 5) is 2.23. The van der Waals surface area contributed by atoms with E-state index in [1.165, 1.54) is 16.4 Å². The molecular weight excluding hydrogens is 422 g/mol. The lowest BCUT2D eigenvalue weighted by atomic mass is 10.0. The highest BCUT2D eigenvalue weighted by Crippen LogP contribution is 2.34. The minimum absolute atomic E-state index is 0.0112. The van der Waals surface area contributed by atoms with Crippen LogP contribution >= 0.6 is 0 Å². The van der Waals surface area contributed by atoms with E-state index in [4.69, 9.17) is 4.74 Å².